The van der Waals surface area contributed by atoms with Crippen LogP contribution in [0, 0.1) is 12.8 Å². The molecule has 2 heterocycles. The van der Waals surface area contributed by atoms with Crippen molar-refractivity contribution in [3.63, 3.8) is 0 Å². The number of rotatable bonds is 9. The third kappa shape index (κ3) is 5.75. The van der Waals surface area contributed by atoms with E-state index in [9.17, 15) is 9.90 Å². The number of likely N-dealkylation sites (tertiary alicyclic amines) is 1. The summed E-state index contributed by atoms with van der Waals surface area (Å²) in [5, 5.41) is 9.64. The molecule has 0 aliphatic carbocycles. The van der Waals surface area contributed by atoms with E-state index < -0.39 is 5.97 Å². The number of nitrogens with zero attached hydrogens (tertiary/aromatic N) is 2. The first-order valence-electron chi connectivity index (χ1n) is 11.9. The zero-order valence-electron chi connectivity index (χ0n) is 19.8. The van der Waals surface area contributed by atoms with Crippen molar-refractivity contribution in [2.75, 3.05) is 19.7 Å². The maximum atomic E-state index is 11.7. The molecule has 0 amide bonds. The standard InChI is InChI=1S/C28H32N2O4/c1-3-33-26-16-22(12-14-25(26)34-19-21-8-5-4-6-9-21)27(24-13-11-20(2)17-29-24)30-15-7-10-23(18-30)28(31)32/h4-6,8-9,11-14,16-17,23,27H,3,7,10,15,18-19H2,1-2H3,(H,31,32). The number of carbonyl (C=O) groups is 1. The second-order valence-electron chi connectivity index (χ2n) is 8.75. The summed E-state index contributed by atoms with van der Waals surface area (Å²) >= 11 is 0. The van der Waals surface area contributed by atoms with Crippen LogP contribution in [0.4, 0.5) is 0 Å². The van der Waals surface area contributed by atoms with E-state index in [4.69, 9.17) is 14.5 Å². The van der Waals surface area contributed by atoms with Crippen molar-refractivity contribution in [3.8, 4) is 11.5 Å². The fraction of sp³-hybridized carbons (Fsp3) is 0.357. The molecule has 178 valence electrons. The number of pyridine rings is 1. The molecule has 1 aliphatic rings. The van der Waals surface area contributed by atoms with Gasteiger partial charge in [-0.15, -0.1) is 0 Å². The van der Waals surface area contributed by atoms with E-state index >= 15 is 0 Å². The number of aliphatic carboxylic acids is 1. The van der Waals surface area contributed by atoms with Gasteiger partial charge in [-0.25, -0.2) is 0 Å². The van der Waals surface area contributed by atoms with Crippen LogP contribution in [-0.4, -0.2) is 40.7 Å². The molecular formula is C28H32N2O4. The molecule has 34 heavy (non-hydrogen) atoms. The lowest BCUT2D eigenvalue weighted by Crippen LogP contribution is -2.41. The van der Waals surface area contributed by atoms with Crippen LogP contribution < -0.4 is 9.47 Å². The van der Waals surface area contributed by atoms with Crippen molar-refractivity contribution in [1.29, 1.82) is 0 Å². The van der Waals surface area contributed by atoms with E-state index in [1.165, 1.54) is 0 Å². The van der Waals surface area contributed by atoms with Gasteiger partial charge in [-0.3, -0.25) is 14.7 Å². The Bertz CT molecular complexity index is 1090. The number of aryl methyl sites for hydroxylation is 1. The van der Waals surface area contributed by atoms with Crippen LogP contribution in [-0.2, 0) is 11.4 Å². The van der Waals surface area contributed by atoms with Gasteiger partial charge >= 0.3 is 5.97 Å². The monoisotopic (exact) mass is 460 g/mol. The fourth-order valence-electron chi connectivity index (χ4n) is 4.47. The highest BCUT2D eigenvalue weighted by Crippen LogP contribution is 2.37. The van der Waals surface area contributed by atoms with Gasteiger partial charge in [0.1, 0.15) is 6.61 Å². The summed E-state index contributed by atoms with van der Waals surface area (Å²) in [6, 6.07) is 20.0. The first kappa shape index (κ1) is 23.8. The van der Waals surface area contributed by atoms with Crippen LogP contribution >= 0.6 is 0 Å². The maximum absolute atomic E-state index is 11.7. The Labute approximate surface area is 201 Å². The molecule has 3 aromatic rings. The second kappa shape index (κ2) is 11.2. The minimum atomic E-state index is -0.736. The minimum Gasteiger partial charge on any atom is -0.490 e. The Hall–Kier alpha value is -3.38. The van der Waals surface area contributed by atoms with Gasteiger partial charge in [0.2, 0.25) is 0 Å². The number of benzene rings is 2. The lowest BCUT2D eigenvalue weighted by molar-refractivity contribution is -0.143. The molecule has 0 spiro atoms. The lowest BCUT2D eigenvalue weighted by Gasteiger charge is -2.37. The number of piperidine rings is 1. The molecule has 4 rings (SSSR count). The van der Waals surface area contributed by atoms with E-state index in [0.717, 1.165) is 35.3 Å². The summed E-state index contributed by atoms with van der Waals surface area (Å²) < 4.78 is 12.1. The van der Waals surface area contributed by atoms with E-state index in [-0.39, 0.29) is 12.0 Å². The molecule has 1 aromatic heterocycles. The van der Waals surface area contributed by atoms with Crippen LogP contribution in [0.5, 0.6) is 11.5 Å². The van der Waals surface area contributed by atoms with E-state index in [1.54, 1.807) is 0 Å². The third-order valence-electron chi connectivity index (χ3n) is 6.20. The average molecular weight is 461 g/mol. The van der Waals surface area contributed by atoms with Gasteiger partial charge in [0, 0.05) is 12.7 Å². The molecule has 0 saturated carbocycles. The van der Waals surface area contributed by atoms with Crippen LogP contribution in [0.2, 0.25) is 0 Å². The summed E-state index contributed by atoms with van der Waals surface area (Å²) in [6.07, 6.45) is 3.41. The molecule has 6 nitrogen and oxygen atoms in total. The highest BCUT2D eigenvalue weighted by atomic mass is 16.5. The Morgan fingerprint density at radius 2 is 1.94 bits per heavy atom. The number of aromatic nitrogens is 1. The molecule has 0 bridgehead atoms. The number of hydrogen-bond acceptors (Lipinski definition) is 5. The zero-order valence-corrected chi connectivity index (χ0v) is 19.8. The van der Waals surface area contributed by atoms with Gasteiger partial charge < -0.3 is 14.6 Å². The minimum absolute atomic E-state index is 0.162. The Balaban J connectivity index is 1.66. The van der Waals surface area contributed by atoms with Crippen LogP contribution in [0.15, 0.2) is 66.9 Å². The van der Waals surface area contributed by atoms with Crippen LogP contribution in [0.3, 0.4) is 0 Å². The van der Waals surface area contributed by atoms with Crippen molar-refractivity contribution < 1.29 is 19.4 Å². The molecule has 0 radical (unpaired) electrons. The van der Waals surface area contributed by atoms with Crippen molar-refractivity contribution in [2.45, 2.75) is 39.3 Å². The van der Waals surface area contributed by atoms with Crippen molar-refractivity contribution in [2.24, 2.45) is 5.92 Å². The molecular weight excluding hydrogens is 428 g/mol. The smallest absolute Gasteiger partial charge is 0.307 e. The van der Waals surface area contributed by atoms with E-state index in [2.05, 4.69) is 11.0 Å². The predicted molar refractivity (Wildman–Crippen MR) is 131 cm³/mol. The first-order chi connectivity index (χ1) is 16.5. The molecule has 1 saturated heterocycles. The van der Waals surface area contributed by atoms with Crippen LogP contribution in [0.25, 0.3) is 0 Å². The second-order valence-corrected chi connectivity index (χ2v) is 8.75. The van der Waals surface area contributed by atoms with E-state index in [0.29, 0.717) is 37.7 Å². The highest BCUT2D eigenvalue weighted by Gasteiger charge is 2.32. The number of hydrogen-bond donors (Lipinski definition) is 1. The van der Waals surface area contributed by atoms with Gasteiger partial charge in [0.05, 0.1) is 24.3 Å². The van der Waals surface area contributed by atoms with Gasteiger partial charge in [-0.2, -0.15) is 0 Å². The average Bonchev–Trinajstić information content (AvgIpc) is 2.86. The quantitative estimate of drug-likeness (QED) is 0.470. The number of carboxylic acids is 1. The van der Waals surface area contributed by atoms with E-state index in [1.807, 2.05) is 74.6 Å². The van der Waals surface area contributed by atoms with Gasteiger partial charge in [-0.1, -0.05) is 42.5 Å². The molecule has 1 aliphatic heterocycles. The summed E-state index contributed by atoms with van der Waals surface area (Å²) in [5.74, 6) is 0.258. The summed E-state index contributed by atoms with van der Waals surface area (Å²) in [5.41, 5.74) is 4.09. The highest BCUT2D eigenvalue weighted by molar-refractivity contribution is 5.70. The predicted octanol–water partition coefficient (Wildman–Crippen LogP) is 5.25. The summed E-state index contributed by atoms with van der Waals surface area (Å²) in [6.45, 7) is 6.25. The third-order valence-corrected chi connectivity index (χ3v) is 6.20. The number of ether oxygens (including phenoxy) is 2. The Kier molecular flexibility index (Phi) is 7.80. The number of carboxylic acid groups (broad SMARTS) is 1. The normalized spacial score (nSPS) is 17.2. The van der Waals surface area contributed by atoms with Crippen molar-refractivity contribution in [1.82, 2.24) is 9.88 Å². The molecule has 2 unspecified atom stereocenters. The largest absolute Gasteiger partial charge is 0.490 e. The molecule has 2 aromatic carbocycles. The Morgan fingerprint density at radius 3 is 2.65 bits per heavy atom. The Morgan fingerprint density at radius 1 is 1.12 bits per heavy atom. The van der Waals surface area contributed by atoms with Gasteiger partial charge in [-0.05, 0) is 68.1 Å². The van der Waals surface area contributed by atoms with Crippen molar-refractivity contribution >= 4 is 5.97 Å². The fourth-order valence-corrected chi connectivity index (χ4v) is 4.47. The summed E-state index contributed by atoms with van der Waals surface area (Å²) in [7, 11) is 0. The molecule has 2 atom stereocenters. The van der Waals surface area contributed by atoms with Gasteiger partial charge in [0.15, 0.2) is 11.5 Å². The molecule has 6 heteroatoms. The van der Waals surface area contributed by atoms with Gasteiger partial charge in [0.25, 0.3) is 0 Å². The molecule has 1 fully saturated rings. The zero-order chi connectivity index (χ0) is 23.9. The topological polar surface area (TPSA) is 71.9 Å². The van der Waals surface area contributed by atoms with Crippen molar-refractivity contribution in [3.05, 3.63) is 89.2 Å². The van der Waals surface area contributed by atoms with Crippen LogP contribution in [0.1, 0.15) is 48.2 Å². The summed E-state index contributed by atoms with van der Waals surface area (Å²) in [4.78, 5) is 18.7. The molecule has 1 N–H and O–H groups in total. The first-order valence-corrected chi connectivity index (χ1v) is 11.9. The lowest BCUT2D eigenvalue weighted by atomic mass is 9.93. The SMILES string of the molecule is CCOc1cc(C(c2ccc(C)cn2)N2CCCC(C(=O)O)C2)ccc1OCc1ccccc1. The maximum Gasteiger partial charge on any atom is 0.307 e.